The highest BCUT2D eigenvalue weighted by atomic mass is 35.5. The van der Waals surface area contributed by atoms with E-state index in [2.05, 4.69) is 31.4 Å². The average Bonchev–Trinajstić information content (AvgIpc) is 2.44. The highest BCUT2D eigenvalue weighted by Crippen LogP contribution is 2.44. The van der Waals surface area contributed by atoms with Gasteiger partial charge in [-0.05, 0) is 44.0 Å². The van der Waals surface area contributed by atoms with Crippen molar-refractivity contribution in [2.75, 3.05) is 7.05 Å². The fraction of sp³-hybridized carbons (Fsp3) is 0.625. The maximum absolute atomic E-state index is 6.23. The van der Waals surface area contributed by atoms with E-state index in [4.69, 9.17) is 23.2 Å². The van der Waals surface area contributed by atoms with Crippen LogP contribution in [0.15, 0.2) is 18.2 Å². The van der Waals surface area contributed by atoms with Crippen molar-refractivity contribution in [3.8, 4) is 0 Å². The fourth-order valence-electron chi connectivity index (χ4n) is 3.70. The SMILES string of the molecule is CCC(NC)C1(c2ccc(Cl)c(Cl)c2)CCCCC1. The van der Waals surface area contributed by atoms with E-state index >= 15 is 0 Å². The van der Waals surface area contributed by atoms with Crippen molar-refractivity contribution in [3.05, 3.63) is 33.8 Å². The van der Waals surface area contributed by atoms with Gasteiger partial charge < -0.3 is 5.32 Å². The molecular weight excluding hydrogens is 277 g/mol. The predicted molar refractivity (Wildman–Crippen MR) is 84.4 cm³/mol. The van der Waals surface area contributed by atoms with Crippen LogP contribution >= 0.6 is 23.2 Å². The minimum absolute atomic E-state index is 0.218. The Morgan fingerprint density at radius 3 is 2.37 bits per heavy atom. The first-order chi connectivity index (χ1) is 9.14. The summed E-state index contributed by atoms with van der Waals surface area (Å²) in [6, 6.07) is 6.69. The zero-order chi connectivity index (χ0) is 13.9. The maximum Gasteiger partial charge on any atom is 0.0595 e. The number of hydrogen-bond acceptors (Lipinski definition) is 1. The van der Waals surface area contributed by atoms with Crippen molar-refractivity contribution in [3.63, 3.8) is 0 Å². The molecule has 0 spiro atoms. The number of hydrogen-bond donors (Lipinski definition) is 1. The van der Waals surface area contributed by atoms with Crippen molar-refractivity contribution >= 4 is 23.2 Å². The first-order valence-electron chi connectivity index (χ1n) is 7.27. The molecule has 3 heteroatoms. The number of nitrogens with one attached hydrogen (secondary N) is 1. The molecule has 1 aliphatic rings. The Balaban J connectivity index is 2.43. The van der Waals surface area contributed by atoms with Gasteiger partial charge in [-0.25, -0.2) is 0 Å². The van der Waals surface area contributed by atoms with Crippen LogP contribution in [0.3, 0.4) is 0 Å². The molecule has 0 bridgehead atoms. The molecular formula is C16H23Cl2N. The Hall–Kier alpha value is -0.240. The van der Waals surface area contributed by atoms with Gasteiger partial charge in [-0.3, -0.25) is 0 Å². The van der Waals surface area contributed by atoms with E-state index in [0.29, 0.717) is 16.1 Å². The van der Waals surface area contributed by atoms with E-state index < -0.39 is 0 Å². The summed E-state index contributed by atoms with van der Waals surface area (Å²) < 4.78 is 0. The summed E-state index contributed by atoms with van der Waals surface area (Å²) in [6.45, 7) is 2.26. The average molecular weight is 300 g/mol. The summed E-state index contributed by atoms with van der Waals surface area (Å²) in [5.74, 6) is 0. The van der Waals surface area contributed by atoms with Crippen LogP contribution in [-0.4, -0.2) is 13.1 Å². The minimum atomic E-state index is 0.218. The molecule has 1 aromatic carbocycles. The zero-order valence-electron chi connectivity index (χ0n) is 11.8. The van der Waals surface area contributed by atoms with Crippen LogP contribution in [0.4, 0.5) is 0 Å². The largest absolute Gasteiger partial charge is 0.316 e. The molecule has 0 heterocycles. The molecule has 2 rings (SSSR count). The summed E-state index contributed by atoms with van der Waals surface area (Å²) in [5, 5.41) is 4.84. The Morgan fingerprint density at radius 1 is 1.16 bits per heavy atom. The lowest BCUT2D eigenvalue weighted by atomic mass is 9.64. The van der Waals surface area contributed by atoms with Gasteiger partial charge in [-0.2, -0.15) is 0 Å². The summed E-state index contributed by atoms with van der Waals surface area (Å²) >= 11 is 12.3. The summed E-state index contributed by atoms with van der Waals surface area (Å²) in [4.78, 5) is 0. The van der Waals surface area contributed by atoms with Gasteiger partial charge in [0.25, 0.3) is 0 Å². The van der Waals surface area contributed by atoms with E-state index in [9.17, 15) is 0 Å². The highest BCUT2D eigenvalue weighted by Gasteiger charge is 2.39. The molecule has 1 unspecified atom stereocenters. The van der Waals surface area contributed by atoms with Gasteiger partial charge in [0.15, 0.2) is 0 Å². The molecule has 0 aromatic heterocycles. The molecule has 106 valence electrons. The van der Waals surface area contributed by atoms with Crippen LogP contribution in [0, 0.1) is 0 Å². The van der Waals surface area contributed by atoms with Crippen molar-refractivity contribution in [2.24, 2.45) is 0 Å². The van der Waals surface area contributed by atoms with E-state index in [-0.39, 0.29) is 5.41 Å². The van der Waals surface area contributed by atoms with Gasteiger partial charge in [-0.15, -0.1) is 0 Å². The minimum Gasteiger partial charge on any atom is -0.316 e. The van der Waals surface area contributed by atoms with E-state index in [1.54, 1.807) is 0 Å². The van der Waals surface area contributed by atoms with Crippen LogP contribution in [0.25, 0.3) is 0 Å². The first-order valence-corrected chi connectivity index (χ1v) is 8.02. The molecule has 0 amide bonds. The number of likely N-dealkylation sites (N-methyl/N-ethyl adjacent to an activating group) is 1. The lowest BCUT2D eigenvalue weighted by Gasteiger charge is -2.44. The summed E-state index contributed by atoms with van der Waals surface area (Å²) in [6.07, 6.45) is 7.57. The summed E-state index contributed by atoms with van der Waals surface area (Å²) in [5.41, 5.74) is 1.57. The normalized spacial score (nSPS) is 20.2. The van der Waals surface area contributed by atoms with Gasteiger partial charge in [0, 0.05) is 11.5 Å². The molecule has 1 aromatic rings. The lowest BCUT2D eigenvalue weighted by molar-refractivity contribution is 0.215. The third-order valence-electron chi connectivity index (χ3n) is 4.66. The highest BCUT2D eigenvalue weighted by molar-refractivity contribution is 6.42. The van der Waals surface area contributed by atoms with Crippen molar-refractivity contribution in [2.45, 2.75) is 56.9 Å². The summed E-state index contributed by atoms with van der Waals surface area (Å²) in [7, 11) is 2.07. The van der Waals surface area contributed by atoms with E-state index in [0.717, 1.165) is 6.42 Å². The second-order valence-corrected chi connectivity index (χ2v) is 6.41. The topological polar surface area (TPSA) is 12.0 Å². The molecule has 1 saturated carbocycles. The van der Waals surface area contributed by atoms with E-state index in [1.165, 1.54) is 37.7 Å². The van der Waals surface area contributed by atoms with Crippen LogP contribution in [0.2, 0.25) is 10.0 Å². The monoisotopic (exact) mass is 299 g/mol. The predicted octanol–water partition coefficient (Wildman–Crippen LogP) is 5.19. The number of rotatable bonds is 4. The van der Waals surface area contributed by atoms with Crippen molar-refractivity contribution in [1.82, 2.24) is 5.32 Å². The quantitative estimate of drug-likeness (QED) is 0.806. The molecule has 0 aliphatic heterocycles. The fourth-order valence-corrected chi connectivity index (χ4v) is 4.00. The molecule has 1 nitrogen and oxygen atoms in total. The molecule has 1 fully saturated rings. The van der Waals surface area contributed by atoms with Gasteiger partial charge in [-0.1, -0.05) is 55.5 Å². The third-order valence-corrected chi connectivity index (χ3v) is 5.40. The Kier molecular flexibility index (Phi) is 5.16. The first kappa shape index (κ1) is 15.2. The molecule has 19 heavy (non-hydrogen) atoms. The maximum atomic E-state index is 6.23. The van der Waals surface area contributed by atoms with Gasteiger partial charge in [0.2, 0.25) is 0 Å². The number of benzene rings is 1. The molecule has 0 radical (unpaired) electrons. The smallest absolute Gasteiger partial charge is 0.0595 e. The van der Waals surface area contributed by atoms with Crippen LogP contribution in [0.1, 0.15) is 51.0 Å². The van der Waals surface area contributed by atoms with Crippen LogP contribution in [-0.2, 0) is 5.41 Å². The Bertz CT molecular complexity index is 421. The Labute approximate surface area is 126 Å². The number of halogens is 2. The second kappa shape index (κ2) is 6.47. The van der Waals surface area contributed by atoms with Crippen LogP contribution < -0.4 is 5.32 Å². The molecule has 1 N–H and O–H groups in total. The van der Waals surface area contributed by atoms with Crippen molar-refractivity contribution < 1.29 is 0 Å². The molecule has 0 saturated heterocycles. The third kappa shape index (κ3) is 2.94. The molecule has 1 aliphatic carbocycles. The standard InChI is InChI=1S/C16H23Cl2N/c1-3-15(19-2)16(9-5-4-6-10-16)12-7-8-13(17)14(18)11-12/h7-8,11,15,19H,3-6,9-10H2,1-2H3. The van der Waals surface area contributed by atoms with Gasteiger partial charge in [0.05, 0.1) is 10.0 Å². The van der Waals surface area contributed by atoms with Gasteiger partial charge >= 0.3 is 0 Å². The lowest BCUT2D eigenvalue weighted by Crippen LogP contribution is -2.48. The molecule has 1 atom stereocenters. The van der Waals surface area contributed by atoms with Gasteiger partial charge in [0.1, 0.15) is 0 Å². The van der Waals surface area contributed by atoms with Crippen LogP contribution in [0.5, 0.6) is 0 Å². The van der Waals surface area contributed by atoms with E-state index in [1.807, 2.05) is 6.07 Å². The Morgan fingerprint density at radius 2 is 1.84 bits per heavy atom. The zero-order valence-corrected chi connectivity index (χ0v) is 13.3. The second-order valence-electron chi connectivity index (χ2n) is 5.60. The van der Waals surface area contributed by atoms with Crippen molar-refractivity contribution in [1.29, 1.82) is 0 Å².